The third-order valence-corrected chi connectivity index (χ3v) is 17.1. The lowest BCUT2D eigenvalue weighted by Crippen LogP contribution is -2.58. The first-order chi connectivity index (χ1) is 32.7. The molecule has 3 heteroatoms. The van der Waals surface area contributed by atoms with Gasteiger partial charge >= 0.3 is 0 Å². The quantitative estimate of drug-likeness (QED) is 0.127. The minimum atomic E-state index is -0.0177. The molecule has 0 nitrogen and oxygen atoms in total. The Kier molecular flexibility index (Phi) is 10.9. The Labute approximate surface area is 420 Å². The van der Waals surface area contributed by atoms with E-state index >= 15 is 0 Å². The second kappa shape index (κ2) is 16.4. The van der Waals surface area contributed by atoms with Crippen LogP contribution in [0, 0.1) is 0 Å². The average Bonchev–Trinajstić information content (AvgIpc) is 3.31. The van der Waals surface area contributed by atoms with E-state index < -0.39 is 0 Å². The van der Waals surface area contributed by atoms with Crippen molar-refractivity contribution in [1.82, 2.24) is 0 Å². The largest absolute Gasteiger partial charge is 0.247 e. The molecule has 0 atom stereocenters. The average molecular weight is 931 g/mol. The molecule has 0 fully saturated rings. The first kappa shape index (κ1) is 45.7. The summed E-state index contributed by atoms with van der Waals surface area (Å²) in [5, 5.41) is 5.08. The molecule has 2 aliphatic rings. The SMILES string of the molecule is CC(C)(C)c1cc(-c2cc(-c3cc4c5c(c3)Sc3ccc(C(C)(C)C)cc3B5c3cc(C(C)(C)C)ccc3S4)cc(-c3c4ccccc4c(-c4ccccc4)c4ccccc34)c2)cc(C(C)(C)C)c1. The van der Waals surface area contributed by atoms with E-state index in [1.54, 1.807) is 0 Å². The van der Waals surface area contributed by atoms with Gasteiger partial charge in [-0.15, -0.1) is 0 Å². The van der Waals surface area contributed by atoms with Crippen LogP contribution in [0.1, 0.15) is 105 Å². The van der Waals surface area contributed by atoms with Crippen LogP contribution < -0.4 is 16.4 Å². The lowest BCUT2D eigenvalue weighted by atomic mass is 9.36. The van der Waals surface area contributed by atoms with Crippen molar-refractivity contribution in [1.29, 1.82) is 0 Å². The van der Waals surface area contributed by atoms with Crippen LogP contribution in [0.3, 0.4) is 0 Å². The maximum atomic E-state index is 2.53. The van der Waals surface area contributed by atoms with Gasteiger partial charge in [0.05, 0.1) is 0 Å². The summed E-state index contributed by atoms with van der Waals surface area (Å²) in [5.41, 5.74) is 19.9. The summed E-state index contributed by atoms with van der Waals surface area (Å²) in [6, 6.07) is 63.6. The summed E-state index contributed by atoms with van der Waals surface area (Å²) in [6.45, 7) is 28.3. The molecule has 0 aromatic heterocycles. The Morgan fingerprint density at radius 2 is 0.652 bits per heavy atom. The van der Waals surface area contributed by atoms with E-state index in [0.29, 0.717) is 0 Å². The molecule has 2 aliphatic heterocycles. The molecular weight excluding hydrogens is 868 g/mol. The van der Waals surface area contributed by atoms with E-state index in [-0.39, 0.29) is 28.4 Å². The zero-order chi connectivity index (χ0) is 48.4. The molecule has 0 N–H and O–H groups in total. The first-order valence-corrected chi connectivity index (χ1v) is 26.5. The highest BCUT2D eigenvalue weighted by Gasteiger charge is 2.40. The van der Waals surface area contributed by atoms with E-state index in [9.17, 15) is 0 Å². The van der Waals surface area contributed by atoms with Crippen LogP contribution in [0.4, 0.5) is 0 Å². The van der Waals surface area contributed by atoms with Crippen LogP contribution >= 0.6 is 23.5 Å². The maximum Gasteiger partial charge on any atom is 0.247 e. The predicted octanol–water partition coefficient (Wildman–Crippen LogP) is 17.3. The molecule has 0 saturated heterocycles. The molecule has 0 amide bonds. The van der Waals surface area contributed by atoms with Crippen molar-refractivity contribution < 1.29 is 0 Å². The molecule has 9 aromatic rings. The molecule has 2 heterocycles. The fourth-order valence-corrected chi connectivity index (χ4v) is 13.2. The van der Waals surface area contributed by atoms with Crippen molar-refractivity contribution in [2.45, 2.75) is 124 Å². The minimum Gasteiger partial charge on any atom is -0.0911 e. The smallest absolute Gasteiger partial charge is 0.0911 e. The van der Waals surface area contributed by atoms with Gasteiger partial charge in [-0.25, -0.2) is 0 Å². The van der Waals surface area contributed by atoms with E-state index in [4.69, 9.17) is 0 Å². The van der Waals surface area contributed by atoms with Gasteiger partial charge in [0, 0.05) is 19.6 Å². The van der Waals surface area contributed by atoms with Crippen molar-refractivity contribution in [3.63, 3.8) is 0 Å². The standard InChI is InChI=1S/C66H63BS2/c1-63(2,3)46-26-28-56-54(38-46)67-55-39-47(64(4,5)6)27-29-57(55)69-59-36-44(35-58(68-56)62(59)67)42-30-41(43-33-48(65(7,8)9)37-49(34-43)66(10,11)12)31-45(32-42)61-52-24-18-16-22-50(52)60(40-20-14-13-15-21-40)51-23-17-19-25-53(51)61/h13-39H,1-12H3. The van der Waals surface area contributed by atoms with E-state index in [2.05, 4.69) is 247 Å². The molecule has 69 heavy (non-hydrogen) atoms. The Morgan fingerprint density at radius 3 is 1.07 bits per heavy atom. The normalized spacial score (nSPS) is 13.7. The number of fused-ring (bicyclic) bond motifs is 6. The molecule has 342 valence electrons. The summed E-state index contributed by atoms with van der Waals surface area (Å²) in [6.07, 6.45) is 0. The summed E-state index contributed by atoms with van der Waals surface area (Å²) >= 11 is 3.93. The van der Waals surface area contributed by atoms with Crippen LogP contribution in [0.15, 0.2) is 183 Å². The van der Waals surface area contributed by atoms with Crippen LogP contribution in [0.2, 0.25) is 0 Å². The van der Waals surface area contributed by atoms with Gasteiger partial charge in [0.25, 0.3) is 0 Å². The summed E-state index contributed by atoms with van der Waals surface area (Å²) < 4.78 is 0. The molecule has 9 aromatic carbocycles. The number of hydrogen-bond donors (Lipinski definition) is 0. The highest BCUT2D eigenvalue weighted by molar-refractivity contribution is 8.01. The predicted molar refractivity (Wildman–Crippen MR) is 304 cm³/mol. The molecule has 0 aliphatic carbocycles. The van der Waals surface area contributed by atoms with E-state index in [1.165, 1.54) is 124 Å². The third kappa shape index (κ3) is 8.18. The summed E-state index contributed by atoms with van der Waals surface area (Å²) in [4.78, 5) is 5.45. The van der Waals surface area contributed by atoms with Crippen LogP contribution in [0.5, 0.6) is 0 Å². The lowest BCUT2D eigenvalue weighted by Gasteiger charge is -2.35. The maximum absolute atomic E-state index is 2.53. The van der Waals surface area contributed by atoms with Gasteiger partial charge in [0.1, 0.15) is 0 Å². The second-order valence-corrected chi connectivity index (χ2v) is 26.0. The molecule has 11 rings (SSSR count). The summed E-state index contributed by atoms with van der Waals surface area (Å²) in [7, 11) is 0. The highest BCUT2D eigenvalue weighted by atomic mass is 32.2. The number of rotatable bonds is 4. The Balaban J connectivity index is 1.19. The fraction of sp³-hybridized carbons (Fsp3) is 0.242. The number of benzene rings is 9. The van der Waals surface area contributed by atoms with Crippen molar-refractivity contribution in [3.05, 3.63) is 186 Å². The molecular formula is C66H63BS2. The minimum absolute atomic E-state index is 0.0177. The summed E-state index contributed by atoms with van der Waals surface area (Å²) in [5.74, 6) is 0. The monoisotopic (exact) mass is 930 g/mol. The third-order valence-electron chi connectivity index (χ3n) is 14.8. The number of hydrogen-bond acceptors (Lipinski definition) is 2. The van der Waals surface area contributed by atoms with Crippen LogP contribution in [0.25, 0.3) is 66.1 Å². The Hall–Kier alpha value is -5.74. The lowest BCUT2D eigenvalue weighted by molar-refractivity contribution is 0.569. The van der Waals surface area contributed by atoms with Gasteiger partial charge in [-0.05, 0) is 158 Å². The molecule has 0 bridgehead atoms. The molecule has 0 spiro atoms. The van der Waals surface area contributed by atoms with E-state index in [0.717, 1.165) is 0 Å². The molecule has 0 saturated carbocycles. The zero-order valence-electron chi connectivity index (χ0n) is 42.5. The van der Waals surface area contributed by atoms with Gasteiger partial charge in [-0.2, -0.15) is 0 Å². The molecule has 0 radical (unpaired) electrons. The van der Waals surface area contributed by atoms with Crippen molar-refractivity contribution >= 4 is 68.2 Å². The first-order valence-electron chi connectivity index (χ1n) is 24.8. The topological polar surface area (TPSA) is 0 Å². The Morgan fingerprint density at radius 1 is 0.290 bits per heavy atom. The van der Waals surface area contributed by atoms with Crippen molar-refractivity contribution in [2.75, 3.05) is 0 Å². The van der Waals surface area contributed by atoms with Gasteiger partial charge in [-0.1, -0.05) is 239 Å². The zero-order valence-corrected chi connectivity index (χ0v) is 44.1. The Bertz CT molecular complexity index is 3350. The highest BCUT2D eigenvalue weighted by Crippen LogP contribution is 2.48. The van der Waals surface area contributed by atoms with Crippen molar-refractivity contribution in [3.8, 4) is 44.5 Å². The van der Waals surface area contributed by atoms with Crippen molar-refractivity contribution in [2.24, 2.45) is 0 Å². The van der Waals surface area contributed by atoms with E-state index in [1.807, 2.05) is 23.5 Å². The fourth-order valence-electron chi connectivity index (χ4n) is 10.7. The van der Waals surface area contributed by atoms with Gasteiger partial charge in [0.2, 0.25) is 6.71 Å². The van der Waals surface area contributed by atoms with Crippen LogP contribution in [-0.4, -0.2) is 6.71 Å². The van der Waals surface area contributed by atoms with Crippen LogP contribution in [-0.2, 0) is 21.7 Å². The van der Waals surface area contributed by atoms with Gasteiger partial charge in [0.15, 0.2) is 0 Å². The molecule has 0 unspecified atom stereocenters. The van der Waals surface area contributed by atoms with Gasteiger partial charge in [-0.3, -0.25) is 0 Å². The second-order valence-electron chi connectivity index (χ2n) is 23.8. The van der Waals surface area contributed by atoms with Gasteiger partial charge < -0.3 is 0 Å².